The maximum absolute atomic E-state index is 13.0. The van der Waals surface area contributed by atoms with Gasteiger partial charge in [0, 0.05) is 17.1 Å². The Hall–Kier alpha value is -11.1. The molecule has 0 fully saturated rings. The minimum Gasteiger partial charge on any atom is -0.481 e. The van der Waals surface area contributed by atoms with Crippen LogP contribution in [0.2, 0.25) is 0 Å². The number of amides is 3. The lowest BCUT2D eigenvalue weighted by Crippen LogP contribution is -2.33. The largest absolute Gasteiger partial charge is 0.481 e. The highest BCUT2D eigenvalue weighted by molar-refractivity contribution is 7.99. The van der Waals surface area contributed by atoms with E-state index in [2.05, 4.69) is 35.9 Å². The van der Waals surface area contributed by atoms with E-state index in [1.54, 1.807) is 143 Å². The fourth-order valence-corrected chi connectivity index (χ4v) is 12.4. The van der Waals surface area contributed by atoms with Gasteiger partial charge in [-0.3, -0.25) is 43.2 Å². The summed E-state index contributed by atoms with van der Waals surface area (Å²) in [6.45, 7) is 43.7. The minimum atomic E-state index is -1.14. The molecule has 3 unspecified atom stereocenters. The molecule has 2 aliphatic heterocycles. The van der Waals surface area contributed by atoms with E-state index in [1.165, 1.54) is 60.5 Å². The molecule has 4 aromatic rings. The van der Waals surface area contributed by atoms with E-state index < -0.39 is 98.7 Å². The second-order valence-corrected chi connectivity index (χ2v) is 38.5. The highest BCUT2D eigenvalue weighted by Crippen LogP contribution is 2.31. The highest BCUT2D eigenvalue weighted by Gasteiger charge is 2.36. The van der Waals surface area contributed by atoms with Crippen LogP contribution >= 0.6 is 23.5 Å². The van der Waals surface area contributed by atoms with Crippen LogP contribution in [0.15, 0.2) is 143 Å². The molecule has 2 aliphatic rings. The summed E-state index contributed by atoms with van der Waals surface area (Å²) in [4.78, 5) is 153. The Morgan fingerprint density at radius 3 is 1.10 bits per heavy atom. The predicted octanol–water partition coefficient (Wildman–Crippen LogP) is 17.4. The zero-order valence-electron chi connectivity index (χ0n) is 83.9. The number of thioether (sulfide) groups is 2. The number of alkyl carbamates (subject to hydrolysis) is 1. The number of ether oxygens (including phenoxy) is 9. The second kappa shape index (κ2) is 62.6. The lowest BCUT2D eigenvalue weighted by molar-refractivity contribution is -0.161. The summed E-state index contributed by atoms with van der Waals surface area (Å²) in [6, 6.07) is 31.6. The molecule has 3 atom stereocenters. The molecule has 34 heteroatoms. The Kier molecular flexibility index (Phi) is 56.6. The quantitative estimate of drug-likeness (QED) is 0.0103. The smallest absolute Gasteiger partial charge is 0.407 e. The first-order valence-electron chi connectivity index (χ1n) is 45.8. The van der Waals surface area contributed by atoms with E-state index in [9.17, 15) is 77.6 Å². The fourth-order valence-electron chi connectivity index (χ4n) is 9.91. The van der Waals surface area contributed by atoms with Crippen molar-refractivity contribution in [1.29, 1.82) is 0 Å². The van der Waals surface area contributed by atoms with Gasteiger partial charge in [0.25, 0.3) is 11.8 Å². The first kappa shape index (κ1) is 123. The van der Waals surface area contributed by atoms with Gasteiger partial charge in [0.15, 0.2) is 0 Å². The fraction of sp³-hybridized carbons (Fsp3) is 0.559. The summed E-state index contributed by atoms with van der Waals surface area (Å²) < 4.78 is 45.3. The van der Waals surface area contributed by atoms with Gasteiger partial charge in [0.05, 0.1) is 90.0 Å². The van der Waals surface area contributed by atoms with Gasteiger partial charge in [-0.25, -0.2) is 19.2 Å². The standard InChI is InChI=1S/C32H40N2O6S.C30H36N2O6S.C15H25NO6.C13H24O5.2C6H12O2/c1-5-6-7-11-18-41-22-32(3,4)31(38)40-21-27(35)20-39-30(37)25-14-16-26(17-15-25)34-29(36)28(23(2)33-34)19-24-12-9-8-10-13-24;1-5-6-16-39-20-30(3,4)29(36)38-19-25(33)18-37-28(35)23-12-14-24(15-13-23)32-27(34)26(21(2)31-32)17-22-10-8-7-9-11-22;1-6-15(4,5)13(18)21-9-10-22-14(19)16-7-8-20-12(17)11(2)3;1-6-13(4,5)12(16)18-8-10(14)7-17-11(15)9(2)3;2*1-4-6(2,3)5(7)8/h8-10,12-17,19,27,35H,5-7,11,18,20-22H2,1-4H3;7-15,17,25,33H,5-6,16,18-20H2,1-4H3;2,6-10H2,1,3-5H3,(H,16,19);9-10,14H,6-8H2,1-5H3;2*4H2,1-3H3,(H,7,8)/b28-19-;26-17-;;;;. The van der Waals surface area contributed by atoms with Gasteiger partial charge in [0.1, 0.15) is 77.8 Å². The van der Waals surface area contributed by atoms with E-state index in [-0.39, 0.29) is 113 Å². The molecule has 4 aromatic carbocycles. The molecular weight excluding hydrogens is 1790 g/mol. The number of benzene rings is 4. The number of carbonyl (C=O) groups is 13. The SMILES string of the molecule is C=C(C)C(=O)OCCNC(=O)OCCOC(=O)C(C)(C)CC.CCC(C)(C)C(=O)O.CCC(C)(C)C(=O)O.CCC(C)(C)C(=O)OCC(O)COC(=O)C(C)C.CCCCCCSCC(C)(C)C(=O)OCC(O)COC(=O)c1ccc(N2N=C(C)/C(=C/c3ccccc3)C2=O)cc1.CCCCSCC(C)(C)C(=O)OCC(O)COC(=O)c1ccc(N2N=C(C)/C(=C/c3ccccc3)C2=O)cc1. The number of carboxylic acids is 2. The van der Waals surface area contributed by atoms with Gasteiger partial charge in [-0.15, -0.1) is 0 Å². The third kappa shape index (κ3) is 47.1. The Balaban J connectivity index is 0.000000893. The molecule has 0 aromatic heterocycles. The number of aliphatic hydroxyl groups excluding tert-OH is 3. The third-order valence-electron chi connectivity index (χ3n) is 21.1. The third-order valence-corrected chi connectivity index (χ3v) is 24.1. The van der Waals surface area contributed by atoms with E-state index >= 15 is 0 Å². The van der Waals surface area contributed by atoms with Gasteiger partial charge >= 0.3 is 65.8 Å². The Bertz CT molecular complexity index is 4570. The summed E-state index contributed by atoms with van der Waals surface area (Å²) in [5, 5.41) is 60.5. The van der Waals surface area contributed by atoms with Crippen molar-refractivity contribution in [3.05, 3.63) is 155 Å². The summed E-state index contributed by atoms with van der Waals surface area (Å²) in [7, 11) is 0. The summed E-state index contributed by atoms with van der Waals surface area (Å²) in [5.41, 5.74) is 2.27. The topological polar surface area (TPSA) is 449 Å². The predicted molar refractivity (Wildman–Crippen MR) is 529 cm³/mol. The van der Waals surface area contributed by atoms with Crippen LogP contribution in [-0.2, 0) is 90.6 Å². The van der Waals surface area contributed by atoms with Crippen molar-refractivity contribution in [1.82, 2.24) is 5.32 Å². The molecule has 0 saturated heterocycles. The Labute approximate surface area is 811 Å². The van der Waals surface area contributed by atoms with E-state index in [0.717, 1.165) is 41.9 Å². The summed E-state index contributed by atoms with van der Waals surface area (Å²) in [6.07, 6.45) is 9.28. The average molecular weight is 1940 g/mol. The number of hydrogen-bond acceptors (Lipinski definition) is 29. The molecule has 0 bridgehead atoms. The number of carboxylic acid groups (broad SMARTS) is 2. The highest BCUT2D eigenvalue weighted by atomic mass is 32.2. The molecule has 6 N–H and O–H groups in total. The number of rotatable bonds is 48. The van der Waals surface area contributed by atoms with Crippen molar-refractivity contribution >= 4 is 136 Å². The molecule has 2 heterocycles. The van der Waals surface area contributed by atoms with E-state index in [4.69, 9.17) is 52.8 Å². The second-order valence-electron chi connectivity index (χ2n) is 36.3. The van der Waals surface area contributed by atoms with Crippen molar-refractivity contribution in [2.75, 3.05) is 99.0 Å². The van der Waals surface area contributed by atoms with E-state index in [0.29, 0.717) is 76.7 Å². The first-order valence-corrected chi connectivity index (χ1v) is 48.1. The van der Waals surface area contributed by atoms with Gasteiger partial charge in [0.2, 0.25) is 0 Å². The normalized spacial score (nSPS) is 13.8. The van der Waals surface area contributed by atoms with Crippen molar-refractivity contribution in [2.45, 2.75) is 242 Å². The number of aliphatic carboxylic acids is 2. The number of nitrogens with one attached hydrogen (secondary N) is 1. The van der Waals surface area contributed by atoms with Crippen LogP contribution in [0.3, 0.4) is 0 Å². The lowest BCUT2D eigenvalue weighted by Gasteiger charge is -2.23. The number of hydrogen-bond donors (Lipinski definition) is 6. The molecule has 0 radical (unpaired) electrons. The average Bonchev–Trinajstić information content (AvgIpc) is 1.66. The lowest BCUT2D eigenvalue weighted by atomic mass is 9.91. The van der Waals surface area contributed by atoms with Gasteiger partial charge < -0.3 is 73.5 Å². The van der Waals surface area contributed by atoms with Crippen LogP contribution in [0.5, 0.6) is 0 Å². The Morgan fingerprint density at radius 1 is 0.426 bits per heavy atom. The molecule has 136 heavy (non-hydrogen) atoms. The molecule has 0 aliphatic carbocycles. The van der Waals surface area contributed by atoms with Crippen molar-refractivity contribution < 1.29 is 130 Å². The molecule has 3 amide bonds. The molecule has 0 spiro atoms. The number of hydrazone groups is 2. The number of nitrogens with zero attached hydrogens (tertiary/aromatic N) is 4. The van der Waals surface area contributed by atoms with Gasteiger partial charge in [-0.1, -0.05) is 148 Å². The number of carbonyl (C=O) groups excluding carboxylic acids is 11. The summed E-state index contributed by atoms with van der Waals surface area (Å²) in [5.74, 6) is -2.60. The number of aliphatic hydroxyl groups is 3. The van der Waals surface area contributed by atoms with Crippen LogP contribution in [0.4, 0.5) is 16.2 Å². The van der Waals surface area contributed by atoms with Gasteiger partial charge in [-0.05, 0) is 226 Å². The molecule has 0 saturated carbocycles. The van der Waals surface area contributed by atoms with Crippen LogP contribution in [0, 0.1) is 38.4 Å². The number of esters is 8. The monoisotopic (exact) mass is 1940 g/mol. The number of anilines is 2. The zero-order chi connectivity index (χ0) is 103. The van der Waals surface area contributed by atoms with E-state index in [1.807, 2.05) is 116 Å². The van der Waals surface area contributed by atoms with Crippen LogP contribution in [-0.4, -0.2) is 222 Å². The zero-order valence-corrected chi connectivity index (χ0v) is 85.5. The summed E-state index contributed by atoms with van der Waals surface area (Å²) >= 11 is 3.43. The van der Waals surface area contributed by atoms with Crippen LogP contribution in [0.1, 0.15) is 255 Å². The minimum absolute atomic E-state index is 0.000325. The Morgan fingerprint density at radius 2 is 0.765 bits per heavy atom. The van der Waals surface area contributed by atoms with Crippen LogP contribution in [0.25, 0.3) is 12.2 Å². The van der Waals surface area contributed by atoms with Crippen molar-refractivity contribution in [3.8, 4) is 0 Å². The van der Waals surface area contributed by atoms with Crippen molar-refractivity contribution in [3.63, 3.8) is 0 Å². The molecule has 756 valence electrons. The molecular formula is C102H149N5O27S2. The van der Waals surface area contributed by atoms with Gasteiger partial charge in [-0.2, -0.15) is 43.7 Å². The maximum Gasteiger partial charge on any atom is 0.407 e. The number of unbranched alkanes of at least 4 members (excludes halogenated alkanes) is 4. The maximum atomic E-state index is 13.0. The van der Waals surface area contributed by atoms with Crippen LogP contribution < -0.4 is 15.3 Å². The van der Waals surface area contributed by atoms with Crippen molar-refractivity contribution in [2.24, 2.45) is 48.6 Å². The first-order chi connectivity index (χ1) is 63.6. The molecule has 32 nitrogen and oxygen atoms in total. The molecule has 6 rings (SSSR count).